The van der Waals surface area contributed by atoms with E-state index in [-0.39, 0.29) is 23.3 Å². The molecule has 2 heterocycles. The Morgan fingerprint density at radius 2 is 1.66 bits per heavy atom. The van der Waals surface area contributed by atoms with Gasteiger partial charge in [-0.1, -0.05) is 6.07 Å². The zero-order valence-electron chi connectivity index (χ0n) is 19.8. The predicted octanol–water partition coefficient (Wildman–Crippen LogP) is 7.24. The van der Waals surface area contributed by atoms with Crippen LogP contribution in [0.5, 0.6) is 11.6 Å². The second-order valence-electron chi connectivity index (χ2n) is 8.18. The maximum Gasteiger partial charge on any atom is 0.416 e. The normalized spacial score (nSPS) is 11.8. The quantitative estimate of drug-likeness (QED) is 0.274. The van der Waals surface area contributed by atoms with Crippen molar-refractivity contribution in [3.63, 3.8) is 0 Å². The number of carbonyl (C=O) groups excluding carboxylic acids is 1. The molecule has 4 rings (SSSR count). The summed E-state index contributed by atoms with van der Waals surface area (Å²) in [4.78, 5) is 25.2. The Labute approximate surface area is 212 Å². The first-order chi connectivity index (χ1) is 17.8. The molecule has 0 radical (unpaired) electrons. The Hall–Kier alpha value is -4.48. The third-order valence-corrected chi connectivity index (χ3v) is 5.57. The van der Waals surface area contributed by atoms with Crippen molar-refractivity contribution >= 4 is 11.6 Å². The average Bonchev–Trinajstić information content (AvgIpc) is 2.86. The van der Waals surface area contributed by atoms with Crippen LogP contribution in [-0.2, 0) is 12.4 Å². The number of carbonyl (C=O) groups is 1. The third kappa shape index (κ3) is 5.74. The first kappa shape index (κ1) is 26.6. The van der Waals surface area contributed by atoms with Gasteiger partial charge < -0.3 is 10.1 Å². The van der Waals surface area contributed by atoms with Crippen molar-refractivity contribution in [1.82, 2.24) is 15.0 Å². The van der Waals surface area contributed by atoms with E-state index in [9.17, 15) is 31.1 Å². The molecular formula is C26H18F6N4O2. The number of alkyl halides is 6. The molecule has 38 heavy (non-hydrogen) atoms. The Kier molecular flexibility index (Phi) is 7.07. The van der Waals surface area contributed by atoms with Crippen LogP contribution in [0.2, 0.25) is 0 Å². The van der Waals surface area contributed by atoms with Gasteiger partial charge in [0.2, 0.25) is 5.88 Å². The van der Waals surface area contributed by atoms with E-state index in [1.54, 1.807) is 25.1 Å². The second kappa shape index (κ2) is 10.1. The number of aromatic nitrogens is 3. The minimum absolute atomic E-state index is 0.0188. The zero-order chi connectivity index (χ0) is 27.7. The zero-order valence-corrected chi connectivity index (χ0v) is 19.8. The number of halogens is 6. The van der Waals surface area contributed by atoms with Crippen molar-refractivity contribution in [2.45, 2.75) is 26.2 Å². The van der Waals surface area contributed by atoms with Crippen molar-refractivity contribution < 1.29 is 35.9 Å². The summed E-state index contributed by atoms with van der Waals surface area (Å²) in [6, 6.07) is 9.73. The Morgan fingerprint density at radius 1 is 0.895 bits per heavy atom. The topological polar surface area (TPSA) is 77.0 Å². The van der Waals surface area contributed by atoms with Gasteiger partial charge in [-0.2, -0.15) is 26.3 Å². The van der Waals surface area contributed by atoms with Crippen molar-refractivity contribution in [2.24, 2.45) is 0 Å². The smallest absolute Gasteiger partial charge is 0.416 e. The molecule has 0 aliphatic carbocycles. The first-order valence-corrected chi connectivity index (χ1v) is 10.9. The van der Waals surface area contributed by atoms with Crippen LogP contribution in [0.4, 0.5) is 32.0 Å². The number of anilines is 1. The Morgan fingerprint density at radius 3 is 2.32 bits per heavy atom. The van der Waals surface area contributed by atoms with E-state index < -0.39 is 40.6 Å². The monoisotopic (exact) mass is 532 g/mol. The van der Waals surface area contributed by atoms with Gasteiger partial charge >= 0.3 is 12.4 Å². The SMILES string of the molecule is Cc1ccc(C(=O)Nc2cc(C(F)(F)F)cc(C(F)(F)F)c2C)cc1Oc1ncccc1-c1ccncn1. The van der Waals surface area contributed by atoms with Gasteiger partial charge in [0, 0.05) is 23.6 Å². The van der Waals surface area contributed by atoms with Gasteiger partial charge in [0.25, 0.3) is 5.91 Å². The fourth-order valence-electron chi connectivity index (χ4n) is 3.57. The van der Waals surface area contributed by atoms with Crippen molar-refractivity contribution in [3.8, 4) is 22.9 Å². The van der Waals surface area contributed by atoms with Crippen LogP contribution in [0, 0.1) is 13.8 Å². The molecule has 0 bridgehead atoms. The molecule has 0 unspecified atom stereocenters. The van der Waals surface area contributed by atoms with E-state index in [0.717, 1.165) is 6.92 Å². The van der Waals surface area contributed by atoms with Gasteiger partial charge in [-0.15, -0.1) is 0 Å². The molecule has 0 saturated carbocycles. The lowest BCUT2D eigenvalue weighted by Crippen LogP contribution is -2.18. The predicted molar refractivity (Wildman–Crippen MR) is 126 cm³/mol. The number of ether oxygens (including phenoxy) is 1. The first-order valence-electron chi connectivity index (χ1n) is 10.9. The molecule has 0 spiro atoms. The second-order valence-corrected chi connectivity index (χ2v) is 8.18. The summed E-state index contributed by atoms with van der Waals surface area (Å²) in [5, 5.41) is 2.17. The van der Waals surface area contributed by atoms with Gasteiger partial charge in [-0.05, 0) is 67.4 Å². The van der Waals surface area contributed by atoms with Gasteiger partial charge in [0.05, 0.1) is 22.4 Å². The maximum absolute atomic E-state index is 13.4. The van der Waals surface area contributed by atoms with Gasteiger partial charge in [-0.25, -0.2) is 15.0 Å². The molecule has 1 amide bonds. The summed E-state index contributed by atoms with van der Waals surface area (Å²) in [7, 11) is 0. The van der Waals surface area contributed by atoms with Crippen molar-refractivity contribution in [3.05, 3.63) is 95.1 Å². The summed E-state index contributed by atoms with van der Waals surface area (Å²) < 4.78 is 86.0. The molecule has 1 N–H and O–H groups in total. The fraction of sp³-hybridized carbons (Fsp3) is 0.154. The van der Waals surface area contributed by atoms with E-state index in [4.69, 9.17) is 4.74 Å². The molecule has 0 aliphatic rings. The van der Waals surface area contributed by atoms with Crippen LogP contribution >= 0.6 is 0 Å². The van der Waals surface area contributed by atoms with E-state index in [2.05, 4.69) is 20.3 Å². The van der Waals surface area contributed by atoms with E-state index in [0.29, 0.717) is 22.9 Å². The Bertz CT molecular complexity index is 1490. The molecule has 0 fully saturated rings. The Balaban J connectivity index is 1.67. The molecule has 6 nitrogen and oxygen atoms in total. The van der Waals surface area contributed by atoms with Gasteiger partial charge in [-0.3, -0.25) is 4.79 Å². The molecule has 0 saturated heterocycles. The highest BCUT2D eigenvalue weighted by Gasteiger charge is 2.39. The summed E-state index contributed by atoms with van der Waals surface area (Å²) in [6.07, 6.45) is -5.74. The highest BCUT2D eigenvalue weighted by atomic mass is 19.4. The molecule has 2 aromatic carbocycles. The number of benzene rings is 2. The lowest BCUT2D eigenvalue weighted by Gasteiger charge is -2.18. The average molecular weight is 532 g/mol. The molecule has 196 valence electrons. The van der Waals surface area contributed by atoms with Crippen LogP contribution in [0.3, 0.4) is 0 Å². The number of nitrogens with one attached hydrogen (secondary N) is 1. The van der Waals surface area contributed by atoms with Crippen molar-refractivity contribution in [2.75, 3.05) is 5.32 Å². The number of hydrogen-bond donors (Lipinski definition) is 1. The summed E-state index contributed by atoms with van der Waals surface area (Å²) in [5.74, 6) is -0.568. The molecule has 0 atom stereocenters. The number of hydrogen-bond acceptors (Lipinski definition) is 5. The largest absolute Gasteiger partial charge is 0.438 e. The fourth-order valence-corrected chi connectivity index (χ4v) is 3.57. The standard InChI is InChI=1S/C26H18F6N4O2/c1-14-5-6-16(10-22(14)38-24-18(4-3-8-34-24)20-7-9-33-13-35-20)23(37)36-21-12-17(25(27,28)29)11-19(15(21)2)26(30,31)32/h3-13H,1-2H3,(H,36,37). The number of amides is 1. The third-order valence-electron chi connectivity index (χ3n) is 5.57. The highest BCUT2D eigenvalue weighted by molar-refractivity contribution is 6.05. The number of nitrogens with zero attached hydrogens (tertiary/aromatic N) is 3. The van der Waals surface area contributed by atoms with Crippen LogP contribution in [0.25, 0.3) is 11.3 Å². The van der Waals surface area contributed by atoms with Gasteiger partial charge in [0.1, 0.15) is 12.1 Å². The number of pyridine rings is 1. The minimum Gasteiger partial charge on any atom is -0.438 e. The molecule has 0 aliphatic heterocycles. The maximum atomic E-state index is 13.4. The summed E-state index contributed by atoms with van der Waals surface area (Å²) in [6.45, 7) is 2.68. The van der Waals surface area contributed by atoms with E-state index in [1.165, 1.54) is 36.9 Å². The molecular weight excluding hydrogens is 514 g/mol. The highest BCUT2D eigenvalue weighted by Crippen LogP contribution is 2.40. The lowest BCUT2D eigenvalue weighted by molar-refractivity contribution is -0.143. The number of aryl methyl sites for hydroxylation is 1. The molecule has 4 aromatic rings. The van der Waals surface area contributed by atoms with Crippen LogP contribution in [0.1, 0.15) is 32.6 Å². The summed E-state index contributed by atoms with van der Waals surface area (Å²) >= 11 is 0. The van der Waals surface area contributed by atoms with Crippen LogP contribution in [0.15, 0.2) is 67.3 Å². The summed E-state index contributed by atoms with van der Waals surface area (Å²) in [5.41, 5.74) is -2.61. The van der Waals surface area contributed by atoms with E-state index in [1.807, 2.05) is 0 Å². The van der Waals surface area contributed by atoms with Crippen molar-refractivity contribution in [1.29, 1.82) is 0 Å². The van der Waals surface area contributed by atoms with Crippen LogP contribution in [-0.4, -0.2) is 20.9 Å². The molecule has 2 aromatic heterocycles. The van der Waals surface area contributed by atoms with E-state index >= 15 is 0 Å². The molecule has 12 heteroatoms. The number of rotatable bonds is 5. The minimum atomic E-state index is -5.06. The lowest BCUT2D eigenvalue weighted by atomic mass is 10.0. The van der Waals surface area contributed by atoms with Crippen LogP contribution < -0.4 is 10.1 Å². The van der Waals surface area contributed by atoms with Gasteiger partial charge in [0.15, 0.2) is 0 Å².